The molecular formula is C15H14N2O3S. The lowest BCUT2D eigenvalue weighted by molar-refractivity contribution is 0.0606. The van der Waals surface area contributed by atoms with Gasteiger partial charge in [0.1, 0.15) is 16.5 Å². The van der Waals surface area contributed by atoms with E-state index in [1.165, 1.54) is 23.0 Å². The van der Waals surface area contributed by atoms with Crippen molar-refractivity contribution >= 4 is 17.3 Å². The van der Waals surface area contributed by atoms with E-state index < -0.39 is 0 Å². The average molecular weight is 302 g/mol. The predicted octanol–water partition coefficient (Wildman–Crippen LogP) is 2.23. The van der Waals surface area contributed by atoms with Crippen molar-refractivity contribution in [3.63, 3.8) is 0 Å². The fraction of sp³-hybridized carbons (Fsp3) is 0.267. The maximum atomic E-state index is 12.2. The van der Waals surface area contributed by atoms with Crippen molar-refractivity contribution in [1.29, 1.82) is 5.26 Å². The Hall–Kier alpha value is -2.39. The smallest absolute Gasteiger partial charge is 0.348 e. The molecule has 108 valence electrons. The van der Waals surface area contributed by atoms with Crippen LogP contribution in [0.25, 0.3) is 0 Å². The Labute approximate surface area is 126 Å². The van der Waals surface area contributed by atoms with E-state index in [0.29, 0.717) is 17.0 Å². The van der Waals surface area contributed by atoms with Gasteiger partial charge in [-0.15, -0.1) is 11.3 Å². The van der Waals surface area contributed by atoms with Gasteiger partial charge in [-0.05, 0) is 37.1 Å². The summed E-state index contributed by atoms with van der Waals surface area (Å²) in [7, 11) is 1.33. The molecule has 0 spiro atoms. The minimum Gasteiger partial charge on any atom is -0.465 e. The number of rotatable bonds is 3. The predicted molar refractivity (Wildman–Crippen MR) is 79.7 cm³/mol. The first-order chi connectivity index (χ1) is 9.97. The third-order valence-electron chi connectivity index (χ3n) is 3.23. The maximum absolute atomic E-state index is 12.2. The highest BCUT2D eigenvalue weighted by molar-refractivity contribution is 7.14. The molecule has 0 aliphatic carbocycles. The molecule has 0 N–H and O–H groups in total. The highest BCUT2D eigenvalue weighted by Gasteiger charge is 2.14. The van der Waals surface area contributed by atoms with Gasteiger partial charge in [0, 0.05) is 11.1 Å². The molecule has 2 aromatic rings. The maximum Gasteiger partial charge on any atom is 0.348 e. The second-order valence-electron chi connectivity index (χ2n) is 4.60. The minimum absolute atomic E-state index is 0.151. The van der Waals surface area contributed by atoms with Gasteiger partial charge < -0.3 is 9.30 Å². The summed E-state index contributed by atoms with van der Waals surface area (Å²) in [5.74, 6) is -0.386. The van der Waals surface area contributed by atoms with E-state index in [9.17, 15) is 9.59 Å². The van der Waals surface area contributed by atoms with Gasteiger partial charge in [0.2, 0.25) is 0 Å². The minimum atomic E-state index is -0.386. The first-order valence-corrected chi connectivity index (χ1v) is 7.07. The number of esters is 1. The lowest BCUT2D eigenvalue weighted by atomic mass is 10.1. The highest BCUT2D eigenvalue weighted by Crippen LogP contribution is 2.23. The number of hydrogen-bond donors (Lipinski definition) is 0. The summed E-state index contributed by atoms with van der Waals surface area (Å²) < 4.78 is 6.16. The number of ether oxygens (including phenoxy) is 1. The van der Waals surface area contributed by atoms with Crippen molar-refractivity contribution < 1.29 is 9.53 Å². The van der Waals surface area contributed by atoms with Gasteiger partial charge in [0.05, 0.1) is 13.7 Å². The van der Waals surface area contributed by atoms with Crippen molar-refractivity contribution in [2.45, 2.75) is 20.4 Å². The molecule has 0 aliphatic rings. The van der Waals surface area contributed by atoms with E-state index >= 15 is 0 Å². The quantitative estimate of drug-likeness (QED) is 0.815. The zero-order valence-electron chi connectivity index (χ0n) is 12.0. The molecule has 2 aromatic heterocycles. The number of hydrogen-bond acceptors (Lipinski definition) is 5. The van der Waals surface area contributed by atoms with Crippen molar-refractivity contribution in [2.24, 2.45) is 0 Å². The lowest BCUT2D eigenvalue weighted by Crippen LogP contribution is -2.23. The zero-order chi connectivity index (χ0) is 15.6. The lowest BCUT2D eigenvalue weighted by Gasteiger charge is -2.07. The van der Waals surface area contributed by atoms with Crippen LogP contribution < -0.4 is 5.56 Å². The molecule has 21 heavy (non-hydrogen) atoms. The average Bonchev–Trinajstić information content (AvgIpc) is 2.83. The van der Waals surface area contributed by atoms with Gasteiger partial charge >= 0.3 is 5.97 Å². The third kappa shape index (κ3) is 2.88. The summed E-state index contributed by atoms with van der Waals surface area (Å²) in [6.07, 6.45) is 1.66. The topological polar surface area (TPSA) is 72.1 Å². The largest absolute Gasteiger partial charge is 0.465 e. The summed E-state index contributed by atoms with van der Waals surface area (Å²) in [4.78, 5) is 25.2. The fourth-order valence-corrected chi connectivity index (χ4v) is 2.94. The molecule has 0 aliphatic heterocycles. The van der Waals surface area contributed by atoms with Gasteiger partial charge in [0.15, 0.2) is 0 Å². The molecule has 2 heterocycles. The Morgan fingerprint density at radius 2 is 2.19 bits per heavy atom. The number of thiophene rings is 1. The molecule has 0 saturated heterocycles. The zero-order valence-corrected chi connectivity index (χ0v) is 12.8. The monoisotopic (exact) mass is 302 g/mol. The van der Waals surface area contributed by atoms with Crippen molar-refractivity contribution in [2.75, 3.05) is 7.11 Å². The Bertz CT molecular complexity index is 796. The van der Waals surface area contributed by atoms with Gasteiger partial charge in [-0.25, -0.2) is 4.79 Å². The van der Waals surface area contributed by atoms with Crippen molar-refractivity contribution in [3.05, 3.63) is 55.1 Å². The van der Waals surface area contributed by atoms with Gasteiger partial charge in [0.25, 0.3) is 5.56 Å². The van der Waals surface area contributed by atoms with Crippen LogP contribution in [0.2, 0.25) is 0 Å². The van der Waals surface area contributed by atoms with Crippen LogP contribution in [-0.2, 0) is 11.3 Å². The van der Waals surface area contributed by atoms with Gasteiger partial charge in [-0.3, -0.25) is 4.79 Å². The van der Waals surface area contributed by atoms with Crippen LogP contribution in [0.5, 0.6) is 0 Å². The molecule has 0 radical (unpaired) electrons. The standard InChI is InChI=1S/C15H14N2O3S/c1-9-4-5-17(14(18)12(9)7-16)8-11-6-13(15(19)20-3)21-10(11)2/h4-6H,8H2,1-3H3. The van der Waals surface area contributed by atoms with Gasteiger partial charge in [-0.2, -0.15) is 5.26 Å². The number of carbonyl (C=O) groups excluding carboxylic acids is 1. The van der Waals surface area contributed by atoms with Crippen LogP contribution >= 0.6 is 11.3 Å². The van der Waals surface area contributed by atoms with E-state index in [0.717, 1.165) is 10.4 Å². The number of nitriles is 1. The van der Waals surface area contributed by atoms with Crippen LogP contribution in [-0.4, -0.2) is 17.6 Å². The van der Waals surface area contributed by atoms with Crippen LogP contribution in [0.15, 0.2) is 23.1 Å². The van der Waals surface area contributed by atoms with E-state index in [1.54, 1.807) is 25.3 Å². The highest BCUT2D eigenvalue weighted by atomic mass is 32.1. The molecule has 0 unspecified atom stereocenters. The van der Waals surface area contributed by atoms with E-state index in [4.69, 9.17) is 10.00 Å². The van der Waals surface area contributed by atoms with E-state index in [2.05, 4.69) is 0 Å². The molecule has 0 atom stereocenters. The number of nitrogens with zero attached hydrogens (tertiary/aromatic N) is 2. The number of methoxy groups -OCH3 is 1. The summed E-state index contributed by atoms with van der Waals surface area (Å²) in [6.45, 7) is 3.94. The second kappa shape index (κ2) is 5.94. The Morgan fingerprint density at radius 1 is 1.48 bits per heavy atom. The number of carbonyl (C=O) groups is 1. The van der Waals surface area contributed by atoms with Crippen LogP contribution in [0.3, 0.4) is 0 Å². The summed E-state index contributed by atoms with van der Waals surface area (Å²) in [5.41, 5.74) is 1.37. The molecule has 0 fully saturated rings. The second-order valence-corrected chi connectivity index (χ2v) is 5.86. The third-order valence-corrected chi connectivity index (χ3v) is 4.31. The molecule has 5 nitrogen and oxygen atoms in total. The van der Waals surface area contributed by atoms with E-state index in [1.807, 2.05) is 13.0 Å². The Kier molecular flexibility index (Phi) is 4.24. The molecule has 0 aromatic carbocycles. The Balaban J connectivity index is 2.40. The molecule has 6 heteroatoms. The van der Waals surface area contributed by atoms with Crippen molar-refractivity contribution in [1.82, 2.24) is 4.57 Å². The SMILES string of the molecule is COC(=O)c1cc(Cn2ccc(C)c(C#N)c2=O)c(C)s1. The molecule has 0 amide bonds. The number of aryl methyl sites for hydroxylation is 2. The van der Waals surface area contributed by atoms with Crippen LogP contribution in [0, 0.1) is 25.2 Å². The molecular weight excluding hydrogens is 288 g/mol. The van der Waals surface area contributed by atoms with Crippen LogP contribution in [0.4, 0.5) is 0 Å². The Morgan fingerprint density at radius 3 is 2.81 bits per heavy atom. The van der Waals surface area contributed by atoms with E-state index in [-0.39, 0.29) is 17.1 Å². The normalized spacial score (nSPS) is 10.2. The number of pyridine rings is 1. The number of aromatic nitrogens is 1. The summed E-state index contributed by atoms with van der Waals surface area (Å²) in [6, 6.07) is 5.40. The summed E-state index contributed by atoms with van der Waals surface area (Å²) >= 11 is 1.33. The fourth-order valence-electron chi connectivity index (χ4n) is 1.99. The first-order valence-electron chi connectivity index (χ1n) is 6.25. The molecule has 2 rings (SSSR count). The van der Waals surface area contributed by atoms with Crippen molar-refractivity contribution in [3.8, 4) is 6.07 Å². The molecule has 0 bridgehead atoms. The molecule has 0 saturated carbocycles. The van der Waals surface area contributed by atoms with Gasteiger partial charge in [-0.1, -0.05) is 0 Å². The van der Waals surface area contributed by atoms with Crippen LogP contribution in [0.1, 0.15) is 31.2 Å². The summed E-state index contributed by atoms with van der Waals surface area (Å²) in [5, 5.41) is 9.03. The first kappa shape index (κ1) is 15.0.